The molecule has 1 atom stereocenters. The number of hydrogen-bond donors (Lipinski definition) is 2. The highest BCUT2D eigenvalue weighted by Crippen LogP contribution is 2.33. The van der Waals surface area contributed by atoms with E-state index in [0.29, 0.717) is 22.9 Å². The molecule has 2 heterocycles. The Balaban J connectivity index is 1.73. The van der Waals surface area contributed by atoms with E-state index in [9.17, 15) is 18.0 Å². The van der Waals surface area contributed by atoms with E-state index in [1.165, 1.54) is 17.0 Å². The maximum absolute atomic E-state index is 12.8. The predicted molar refractivity (Wildman–Crippen MR) is 83.8 cm³/mol. The average molecular weight is 357 g/mol. The van der Waals surface area contributed by atoms with Crippen LogP contribution in [0.15, 0.2) is 29.6 Å². The van der Waals surface area contributed by atoms with Gasteiger partial charge in [-0.15, -0.1) is 11.3 Å². The number of aliphatic hydroxyl groups excluding tert-OH is 1. The van der Waals surface area contributed by atoms with E-state index in [0.717, 1.165) is 29.9 Å². The Morgan fingerprint density at radius 1 is 1.46 bits per heavy atom. The molecule has 0 saturated carbocycles. The number of benzene rings is 1. The van der Waals surface area contributed by atoms with Gasteiger partial charge in [-0.2, -0.15) is 13.2 Å². The number of nitrogens with zero attached hydrogens (tertiary/aromatic N) is 2. The fraction of sp³-hybridized carbons (Fsp3) is 0.333. The Morgan fingerprint density at radius 3 is 2.88 bits per heavy atom. The van der Waals surface area contributed by atoms with Crippen LogP contribution >= 0.6 is 11.3 Å². The van der Waals surface area contributed by atoms with Gasteiger partial charge in [-0.25, -0.2) is 9.78 Å². The van der Waals surface area contributed by atoms with Gasteiger partial charge in [-0.1, -0.05) is 12.1 Å². The molecule has 1 aliphatic heterocycles. The second-order valence-corrected chi connectivity index (χ2v) is 6.22. The molecule has 2 N–H and O–H groups in total. The molecule has 1 unspecified atom stereocenters. The van der Waals surface area contributed by atoms with Crippen LogP contribution in [0.3, 0.4) is 0 Å². The zero-order valence-corrected chi connectivity index (χ0v) is 13.2. The first-order chi connectivity index (χ1) is 11.4. The molecule has 1 aromatic carbocycles. The van der Waals surface area contributed by atoms with Gasteiger partial charge in [0.15, 0.2) is 5.13 Å². The minimum atomic E-state index is -4.42. The van der Waals surface area contributed by atoms with Gasteiger partial charge in [0.2, 0.25) is 0 Å². The van der Waals surface area contributed by atoms with Gasteiger partial charge in [0, 0.05) is 17.5 Å². The number of carbonyl (C=O) groups is 1. The van der Waals surface area contributed by atoms with Crippen LogP contribution in [0.2, 0.25) is 0 Å². The van der Waals surface area contributed by atoms with E-state index < -0.39 is 11.7 Å². The van der Waals surface area contributed by atoms with Gasteiger partial charge in [0.25, 0.3) is 0 Å². The quantitative estimate of drug-likeness (QED) is 0.885. The second-order valence-electron chi connectivity index (χ2n) is 5.37. The van der Waals surface area contributed by atoms with Crippen LogP contribution in [-0.2, 0) is 6.18 Å². The van der Waals surface area contributed by atoms with Crippen molar-refractivity contribution >= 4 is 22.5 Å². The van der Waals surface area contributed by atoms with Crippen LogP contribution in [-0.4, -0.2) is 40.2 Å². The van der Waals surface area contributed by atoms with E-state index in [-0.39, 0.29) is 18.7 Å². The lowest BCUT2D eigenvalue weighted by Gasteiger charge is -2.39. The van der Waals surface area contributed by atoms with E-state index in [1.54, 1.807) is 5.38 Å². The number of thiazole rings is 1. The third-order valence-corrected chi connectivity index (χ3v) is 4.58. The minimum Gasteiger partial charge on any atom is -0.394 e. The molecule has 2 amide bonds. The zero-order valence-electron chi connectivity index (χ0n) is 12.4. The van der Waals surface area contributed by atoms with Crippen molar-refractivity contribution in [1.82, 2.24) is 9.88 Å². The molecule has 1 aliphatic rings. The van der Waals surface area contributed by atoms with Gasteiger partial charge < -0.3 is 10.0 Å². The van der Waals surface area contributed by atoms with Gasteiger partial charge in [-0.05, 0) is 18.6 Å². The summed E-state index contributed by atoms with van der Waals surface area (Å²) in [6, 6.07) is 4.32. The van der Waals surface area contributed by atoms with Crippen LogP contribution < -0.4 is 5.32 Å². The predicted octanol–water partition coefficient (Wildman–Crippen LogP) is 3.43. The van der Waals surface area contributed by atoms with Crippen molar-refractivity contribution in [1.29, 1.82) is 0 Å². The van der Waals surface area contributed by atoms with E-state index in [2.05, 4.69) is 10.3 Å². The summed E-state index contributed by atoms with van der Waals surface area (Å²) in [6.07, 6.45) is -3.67. The highest BCUT2D eigenvalue weighted by Gasteiger charge is 2.32. The molecule has 1 saturated heterocycles. The number of aliphatic hydroxyl groups is 1. The summed E-state index contributed by atoms with van der Waals surface area (Å²) in [5.74, 6) is 0. The number of aromatic nitrogens is 1. The Labute approximate surface area is 139 Å². The molecule has 0 spiro atoms. The van der Waals surface area contributed by atoms with Crippen LogP contribution in [0, 0.1) is 0 Å². The normalized spacial score (nSPS) is 17.5. The van der Waals surface area contributed by atoms with Crippen molar-refractivity contribution in [2.24, 2.45) is 0 Å². The molecule has 0 aliphatic carbocycles. The van der Waals surface area contributed by atoms with Crippen LogP contribution in [0.5, 0.6) is 0 Å². The average Bonchev–Trinajstić information content (AvgIpc) is 2.94. The molecule has 3 rings (SSSR count). The van der Waals surface area contributed by atoms with Crippen LogP contribution in [0.4, 0.5) is 23.1 Å². The van der Waals surface area contributed by atoms with E-state index >= 15 is 0 Å². The lowest BCUT2D eigenvalue weighted by Crippen LogP contribution is -2.54. The number of halogens is 3. The van der Waals surface area contributed by atoms with Crippen LogP contribution in [0.1, 0.15) is 12.0 Å². The number of nitrogens with one attached hydrogen (secondary N) is 1. The topological polar surface area (TPSA) is 65.5 Å². The monoisotopic (exact) mass is 357 g/mol. The third-order valence-electron chi connectivity index (χ3n) is 3.82. The number of carbonyl (C=O) groups excluding carboxylic acids is 1. The Hall–Kier alpha value is -2.13. The van der Waals surface area contributed by atoms with Crippen molar-refractivity contribution in [3.8, 4) is 11.3 Å². The molecule has 24 heavy (non-hydrogen) atoms. The largest absolute Gasteiger partial charge is 0.416 e. The number of hydrogen-bond acceptors (Lipinski definition) is 4. The fourth-order valence-corrected chi connectivity index (χ4v) is 3.09. The number of rotatable bonds is 3. The molecule has 1 aromatic heterocycles. The van der Waals surface area contributed by atoms with Crippen molar-refractivity contribution < 1.29 is 23.1 Å². The van der Waals surface area contributed by atoms with E-state index in [4.69, 9.17) is 5.11 Å². The zero-order chi connectivity index (χ0) is 17.3. The number of urea groups is 1. The summed E-state index contributed by atoms with van der Waals surface area (Å²) in [4.78, 5) is 17.7. The Morgan fingerprint density at radius 2 is 2.25 bits per heavy atom. The van der Waals surface area contributed by atoms with Gasteiger partial charge in [0.05, 0.1) is 23.9 Å². The summed E-state index contributed by atoms with van der Waals surface area (Å²) in [7, 11) is 0. The number of alkyl halides is 3. The van der Waals surface area contributed by atoms with Crippen molar-refractivity contribution in [2.45, 2.75) is 18.6 Å². The standard InChI is InChI=1S/C15H14F3N3O2S/c16-15(17,18)10-3-1-2-9(6-10)12-8-24-13(19-12)20-14(23)21-5-4-11(21)7-22/h1-3,6,8,11,22H,4-5,7H2,(H,19,20,23). The summed E-state index contributed by atoms with van der Waals surface area (Å²) in [5.41, 5.74) is -0.0487. The van der Waals surface area contributed by atoms with Gasteiger partial charge in [-0.3, -0.25) is 5.32 Å². The minimum absolute atomic E-state index is 0.0965. The molecule has 2 aromatic rings. The van der Waals surface area contributed by atoms with Crippen LogP contribution in [0.25, 0.3) is 11.3 Å². The second kappa shape index (κ2) is 6.40. The molecule has 128 valence electrons. The molecule has 0 bridgehead atoms. The Kier molecular flexibility index (Phi) is 4.46. The number of anilines is 1. The lowest BCUT2D eigenvalue weighted by atomic mass is 10.1. The summed E-state index contributed by atoms with van der Waals surface area (Å²) in [6.45, 7) is 0.462. The molecular weight excluding hydrogens is 343 g/mol. The molecule has 1 fully saturated rings. The first-order valence-corrected chi connectivity index (χ1v) is 8.08. The lowest BCUT2D eigenvalue weighted by molar-refractivity contribution is -0.137. The van der Waals surface area contributed by atoms with Crippen molar-refractivity contribution in [2.75, 3.05) is 18.5 Å². The van der Waals surface area contributed by atoms with E-state index in [1.807, 2.05) is 0 Å². The van der Waals surface area contributed by atoms with Crippen molar-refractivity contribution in [3.63, 3.8) is 0 Å². The van der Waals surface area contributed by atoms with Gasteiger partial charge in [0.1, 0.15) is 0 Å². The Bertz CT molecular complexity index is 746. The molecular formula is C15H14F3N3O2S. The number of likely N-dealkylation sites (tertiary alicyclic amines) is 1. The maximum Gasteiger partial charge on any atom is 0.416 e. The number of amides is 2. The summed E-state index contributed by atoms with van der Waals surface area (Å²) in [5, 5.41) is 13.6. The third kappa shape index (κ3) is 3.36. The molecule has 9 heteroatoms. The summed E-state index contributed by atoms with van der Waals surface area (Å²) >= 11 is 1.13. The first-order valence-electron chi connectivity index (χ1n) is 7.20. The molecule has 5 nitrogen and oxygen atoms in total. The SMILES string of the molecule is O=C(Nc1nc(-c2cccc(C(F)(F)F)c2)cs1)N1CCC1CO. The highest BCUT2D eigenvalue weighted by atomic mass is 32.1. The van der Waals surface area contributed by atoms with Gasteiger partial charge >= 0.3 is 12.2 Å². The fourth-order valence-electron chi connectivity index (χ4n) is 2.38. The summed E-state index contributed by atoms with van der Waals surface area (Å²) < 4.78 is 38.3. The van der Waals surface area contributed by atoms with Crippen molar-refractivity contribution in [3.05, 3.63) is 35.2 Å². The first kappa shape index (κ1) is 16.7. The molecule has 0 radical (unpaired) electrons. The smallest absolute Gasteiger partial charge is 0.394 e. The highest BCUT2D eigenvalue weighted by molar-refractivity contribution is 7.14. The maximum atomic E-state index is 12.8.